The average Bonchev–Trinajstić information content (AvgIpc) is 3.39. The molecule has 0 saturated carbocycles. The Morgan fingerprint density at radius 3 is 2.23 bits per heavy atom. The maximum absolute atomic E-state index is 11.6. The number of fused-ring (bicyclic) bond motifs is 3. The number of H-pyrrole nitrogens is 1. The molecule has 4 nitrogen and oxygen atoms in total. The van der Waals surface area contributed by atoms with Crippen LogP contribution < -0.4 is 10.7 Å². The van der Waals surface area contributed by atoms with Gasteiger partial charge in [0.15, 0.2) is 0 Å². The van der Waals surface area contributed by atoms with Crippen LogP contribution in [-0.4, -0.2) is 21.8 Å². The van der Waals surface area contributed by atoms with Gasteiger partial charge in [0, 0.05) is 17.1 Å². The molecular formula is C35H44N2O2. The smallest absolute Gasteiger partial charge is 0.303 e. The van der Waals surface area contributed by atoms with Gasteiger partial charge in [0.1, 0.15) is 0 Å². The van der Waals surface area contributed by atoms with E-state index in [4.69, 9.17) is 4.99 Å². The van der Waals surface area contributed by atoms with E-state index in [1.165, 1.54) is 22.3 Å². The molecule has 2 N–H and O–H groups in total. The van der Waals surface area contributed by atoms with Crippen molar-refractivity contribution >= 4 is 23.8 Å². The third-order valence-electron chi connectivity index (χ3n) is 7.77. The van der Waals surface area contributed by atoms with Gasteiger partial charge in [-0.2, -0.15) is 0 Å². The molecular weight excluding hydrogens is 480 g/mol. The number of nitrogens with zero attached hydrogens (tertiary/aromatic N) is 1. The molecule has 4 heteroatoms. The molecule has 3 rings (SSSR count). The Morgan fingerprint density at radius 1 is 0.872 bits per heavy atom. The van der Waals surface area contributed by atoms with Crippen LogP contribution in [0.2, 0.25) is 0 Å². The number of carboxylic acid groups (broad SMARTS) is 1. The van der Waals surface area contributed by atoms with E-state index in [0.717, 1.165) is 68.4 Å². The lowest BCUT2D eigenvalue weighted by Gasteiger charge is -2.17. The van der Waals surface area contributed by atoms with Crippen molar-refractivity contribution in [3.8, 4) is 0 Å². The molecule has 39 heavy (non-hydrogen) atoms. The van der Waals surface area contributed by atoms with E-state index < -0.39 is 5.97 Å². The number of carboxylic acids is 1. The van der Waals surface area contributed by atoms with E-state index in [1.54, 1.807) is 0 Å². The van der Waals surface area contributed by atoms with Crippen LogP contribution in [0.5, 0.6) is 0 Å². The number of aromatic nitrogens is 1. The molecule has 0 amide bonds. The molecule has 0 saturated heterocycles. The fourth-order valence-corrected chi connectivity index (χ4v) is 5.40. The van der Waals surface area contributed by atoms with Gasteiger partial charge in [-0.05, 0) is 154 Å². The van der Waals surface area contributed by atoms with E-state index in [-0.39, 0.29) is 6.42 Å². The lowest BCUT2D eigenvalue weighted by atomic mass is 9.89. The van der Waals surface area contributed by atoms with Crippen LogP contribution >= 0.6 is 0 Å². The number of carbonyl (C=O) groups is 1. The van der Waals surface area contributed by atoms with Crippen molar-refractivity contribution in [3.05, 3.63) is 102 Å². The second-order valence-electron chi connectivity index (χ2n) is 10.8. The van der Waals surface area contributed by atoms with Crippen molar-refractivity contribution in [2.24, 2.45) is 4.99 Å². The molecule has 2 aliphatic rings. The van der Waals surface area contributed by atoms with Crippen molar-refractivity contribution in [1.82, 2.24) is 4.98 Å². The largest absolute Gasteiger partial charge is 0.481 e. The minimum Gasteiger partial charge on any atom is -0.481 e. The zero-order chi connectivity index (χ0) is 28.9. The van der Waals surface area contributed by atoms with Crippen LogP contribution in [0.25, 0.3) is 12.2 Å². The van der Waals surface area contributed by atoms with Crippen LogP contribution in [0.4, 0.5) is 0 Å². The number of allylic oxidation sites excluding steroid dienone is 13. The van der Waals surface area contributed by atoms with Gasteiger partial charge in [0.25, 0.3) is 0 Å². The summed E-state index contributed by atoms with van der Waals surface area (Å²) in [6.07, 6.45) is 15.6. The lowest BCUT2D eigenvalue weighted by Crippen LogP contribution is -2.13. The Balaban J connectivity index is 2.41. The van der Waals surface area contributed by atoms with Crippen LogP contribution in [0, 0.1) is 6.92 Å². The van der Waals surface area contributed by atoms with Crippen LogP contribution in [0.1, 0.15) is 86.6 Å². The van der Waals surface area contributed by atoms with E-state index >= 15 is 0 Å². The molecule has 2 aliphatic heterocycles. The summed E-state index contributed by atoms with van der Waals surface area (Å²) in [5.74, 6) is -0.781. The summed E-state index contributed by atoms with van der Waals surface area (Å²) in [5.41, 5.74) is 13.7. The standard InChI is InChI=1S/C35H44N2O2/c1-10-12-31-22(4)15-23(5)32(13-14-35(38)39)27(9)28(11-2)19-29-16-25(7)34(36-29)20-30-17-24(6)33(37-30)18-21(3)26(31)8/h11,15-20,36H,10,12-14H2,1-9H3,(H,38,39)/b23-15+,26-21+,28-11+,29-19-,31-22+,32-27-,33-18-,34-20-. The molecule has 0 fully saturated rings. The molecule has 0 unspecified atom stereocenters. The predicted molar refractivity (Wildman–Crippen MR) is 166 cm³/mol. The Hall–Kier alpha value is -3.66. The highest BCUT2D eigenvalue weighted by Crippen LogP contribution is 2.31. The van der Waals surface area contributed by atoms with Crippen molar-refractivity contribution < 1.29 is 9.90 Å². The lowest BCUT2D eigenvalue weighted by molar-refractivity contribution is -0.136. The van der Waals surface area contributed by atoms with Gasteiger partial charge in [0.05, 0.1) is 11.4 Å². The van der Waals surface area contributed by atoms with Crippen molar-refractivity contribution in [2.45, 2.75) is 88.0 Å². The molecule has 1 aromatic rings. The van der Waals surface area contributed by atoms with Gasteiger partial charge in [-0.3, -0.25) is 4.79 Å². The minimum absolute atomic E-state index is 0.0974. The number of aryl methyl sites for hydroxylation is 1. The molecule has 0 aromatic carbocycles. The van der Waals surface area contributed by atoms with Gasteiger partial charge in [-0.25, -0.2) is 4.99 Å². The topological polar surface area (TPSA) is 65.5 Å². The normalized spacial score (nSPS) is 28.2. The third kappa shape index (κ3) is 7.26. The number of rotatable bonds is 5. The number of aliphatic carboxylic acids is 1. The second-order valence-corrected chi connectivity index (χ2v) is 10.8. The Bertz CT molecular complexity index is 1540. The zero-order valence-electron chi connectivity index (χ0n) is 25.2. The van der Waals surface area contributed by atoms with Crippen molar-refractivity contribution in [2.75, 3.05) is 0 Å². The zero-order valence-corrected chi connectivity index (χ0v) is 25.2. The molecule has 206 valence electrons. The first-order valence-corrected chi connectivity index (χ1v) is 14.0. The second kappa shape index (κ2) is 12.9. The number of aliphatic imine (C=N–C) groups is 1. The monoisotopic (exact) mass is 524 g/mol. The fourth-order valence-electron chi connectivity index (χ4n) is 5.40. The third-order valence-corrected chi connectivity index (χ3v) is 7.77. The highest BCUT2D eigenvalue weighted by atomic mass is 16.4. The van der Waals surface area contributed by atoms with Gasteiger partial charge in [0.2, 0.25) is 0 Å². The number of hydrogen-bond acceptors (Lipinski definition) is 2. The van der Waals surface area contributed by atoms with E-state index in [1.807, 2.05) is 6.92 Å². The molecule has 0 aliphatic carbocycles. The maximum atomic E-state index is 11.6. The van der Waals surface area contributed by atoms with Crippen molar-refractivity contribution in [1.29, 1.82) is 0 Å². The number of nitrogens with one attached hydrogen (secondary N) is 1. The summed E-state index contributed by atoms with van der Waals surface area (Å²) in [7, 11) is 0. The Kier molecular flexibility index (Phi) is 9.91. The first kappa shape index (κ1) is 29.9. The molecule has 0 atom stereocenters. The van der Waals surface area contributed by atoms with Gasteiger partial charge in [-0.15, -0.1) is 0 Å². The predicted octanol–water partition coefficient (Wildman–Crippen LogP) is 7.71. The quantitative estimate of drug-likeness (QED) is 0.414. The summed E-state index contributed by atoms with van der Waals surface area (Å²) in [4.78, 5) is 20.1. The molecule has 0 spiro atoms. The number of hydrogen-bond donors (Lipinski definition) is 2. The van der Waals surface area contributed by atoms with Gasteiger partial charge in [-0.1, -0.05) is 25.5 Å². The van der Waals surface area contributed by atoms with E-state index in [2.05, 4.69) is 103 Å². The van der Waals surface area contributed by atoms with Crippen LogP contribution in [0.15, 0.2) is 91.2 Å². The summed E-state index contributed by atoms with van der Waals surface area (Å²) in [5, 5.41) is 11.6. The molecule has 3 heterocycles. The summed E-state index contributed by atoms with van der Waals surface area (Å²) < 4.78 is 0. The molecule has 4 bridgehead atoms. The summed E-state index contributed by atoms with van der Waals surface area (Å²) in [6, 6.07) is 2.15. The highest BCUT2D eigenvalue weighted by Gasteiger charge is 2.14. The fraction of sp³-hybridized carbons (Fsp3) is 0.371. The van der Waals surface area contributed by atoms with E-state index in [9.17, 15) is 9.90 Å². The van der Waals surface area contributed by atoms with Crippen LogP contribution in [0.3, 0.4) is 0 Å². The Labute approximate surface area is 234 Å². The average molecular weight is 525 g/mol. The Morgan fingerprint density at radius 2 is 1.59 bits per heavy atom. The minimum atomic E-state index is -0.781. The van der Waals surface area contributed by atoms with Gasteiger partial charge < -0.3 is 10.1 Å². The number of aromatic amines is 1. The van der Waals surface area contributed by atoms with Gasteiger partial charge >= 0.3 is 5.97 Å². The summed E-state index contributed by atoms with van der Waals surface area (Å²) >= 11 is 0. The van der Waals surface area contributed by atoms with Crippen molar-refractivity contribution in [3.63, 3.8) is 0 Å². The molecule has 0 radical (unpaired) electrons. The first-order chi connectivity index (χ1) is 18.4. The first-order valence-electron chi connectivity index (χ1n) is 14.0. The van der Waals surface area contributed by atoms with Crippen LogP contribution in [-0.2, 0) is 4.79 Å². The van der Waals surface area contributed by atoms with E-state index in [0.29, 0.717) is 6.42 Å². The summed E-state index contributed by atoms with van der Waals surface area (Å²) in [6.45, 7) is 19.2. The molecule has 1 aromatic heterocycles. The highest BCUT2D eigenvalue weighted by molar-refractivity contribution is 6.19. The SMILES string of the molecule is C/C=C1\C=c2\cc(C)/c([nH]2)=C/C2=NC(=C/C(C)=C(C)/C(CCC)=C(C)/C=C(C)/C(CCC(=O)O)=C\1C)\C(C)=C2. The maximum Gasteiger partial charge on any atom is 0.303 e.